The fourth-order valence-corrected chi connectivity index (χ4v) is 4.23. The highest BCUT2D eigenvalue weighted by Gasteiger charge is 2.50. The van der Waals surface area contributed by atoms with Crippen molar-refractivity contribution in [1.82, 2.24) is 4.98 Å². The van der Waals surface area contributed by atoms with Gasteiger partial charge in [-0.05, 0) is 13.8 Å². The number of amides is 2. The molecule has 29 heavy (non-hydrogen) atoms. The van der Waals surface area contributed by atoms with Crippen LogP contribution in [0.15, 0.2) is 16.0 Å². The third-order valence-electron chi connectivity index (χ3n) is 5.15. The number of rotatable bonds is 6. The van der Waals surface area contributed by atoms with Gasteiger partial charge in [-0.2, -0.15) is 0 Å². The lowest BCUT2D eigenvalue weighted by Gasteiger charge is -2.40. The van der Waals surface area contributed by atoms with E-state index in [-0.39, 0.29) is 53.4 Å². The summed E-state index contributed by atoms with van der Waals surface area (Å²) in [6.45, 7) is 3.38. The molecule has 2 amide bonds. The number of carbonyl (C=O) groups is 2. The maximum absolute atomic E-state index is 14.9. The number of aromatic nitrogens is 1. The van der Waals surface area contributed by atoms with Crippen molar-refractivity contribution >= 4 is 34.1 Å². The highest BCUT2D eigenvalue weighted by Crippen LogP contribution is 2.46. The minimum Gasteiger partial charge on any atom is -0.488 e. The SMILES string of the molecule is Cc1ncsc1COc1cc(F)c2oc(C)c(C(N)=O)c2c1C1(C(N)=O)COC1. The summed E-state index contributed by atoms with van der Waals surface area (Å²) in [6, 6.07) is 1.13. The number of fused-ring (bicyclic) bond motifs is 1. The number of primary amides is 2. The van der Waals surface area contributed by atoms with Gasteiger partial charge in [0.25, 0.3) is 5.91 Å². The highest BCUT2D eigenvalue weighted by atomic mass is 32.1. The number of nitrogens with zero attached hydrogens (tertiary/aromatic N) is 1. The normalized spacial score (nSPS) is 15.3. The van der Waals surface area contributed by atoms with Crippen molar-refractivity contribution < 1.29 is 27.9 Å². The molecule has 0 atom stereocenters. The van der Waals surface area contributed by atoms with E-state index in [1.165, 1.54) is 18.3 Å². The molecule has 8 nitrogen and oxygen atoms in total. The van der Waals surface area contributed by atoms with E-state index in [0.29, 0.717) is 0 Å². The molecule has 10 heteroatoms. The standard InChI is InChI=1S/C19H18FN3O5S/c1-8-12(29-7-23-8)4-27-11-3-10(20)16-14(13(17(21)24)9(2)28-16)15(11)19(18(22)25)5-26-6-19/h3,7H,4-6H2,1-2H3,(H2,21,24)(H2,22,25). The summed E-state index contributed by atoms with van der Waals surface area (Å²) in [4.78, 5) is 29.5. The van der Waals surface area contributed by atoms with Crippen molar-refractivity contribution in [3.8, 4) is 5.75 Å². The van der Waals surface area contributed by atoms with Gasteiger partial charge in [-0.15, -0.1) is 11.3 Å². The Morgan fingerprint density at radius 2 is 2.07 bits per heavy atom. The van der Waals surface area contributed by atoms with Crippen molar-refractivity contribution in [3.63, 3.8) is 0 Å². The zero-order valence-corrected chi connectivity index (χ0v) is 16.5. The second-order valence-electron chi connectivity index (χ2n) is 6.92. The van der Waals surface area contributed by atoms with Crippen molar-refractivity contribution in [2.24, 2.45) is 11.5 Å². The Kier molecular flexibility index (Phi) is 4.55. The lowest BCUT2D eigenvalue weighted by Crippen LogP contribution is -2.56. The summed E-state index contributed by atoms with van der Waals surface area (Å²) in [5.41, 5.74) is 12.4. The topological polar surface area (TPSA) is 131 Å². The molecule has 2 aromatic heterocycles. The molecule has 4 rings (SSSR count). The van der Waals surface area contributed by atoms with Gasteiger partial charge >= 0.3 is 0 Å². The third-order valence-corrected chi connectivity index (χ3v) is 6.06. The zero-order chi connectivity index (χ0) is 20.9. The Morgan fingerprint density at radius 3 is 2.59 bits per heavy atom. The first-order chi connectivity index (χ1) is 13.8. The van der Waals surface area contributed by atoms with Crippen LogP contribution in [0.4, 0.5) is 4.39 Å². The first kappa shape index (κ1) is 19.3. The second kappa shape index (κ2) is 6.82. The van der Waals surface area contributed by atoms with Gasteiger partial charge in [0.1, 0.15) is 23.5 Å². The fourth-order valence-electron chi connectivity index (χ4n) is 3.54. The quantitative estimate of drug-likeness (QED) is 0.629. The smallest absolute Gasteiger partial charge is 0.252 e. The number of hydrogen-bond acceptors (Lipinski definition) is 7. The van der Waals surface area contributed by atoms with Gasteiger partial charge in [0.05, 0.1) is 34.9 Å². The minimum absolute atomic E-state index is 0.0131. The molecule has 3 heterocycles. The van der Waals surface area contributed by atoms with Gasteiger partial charge in [-0.25, -0.2) is 9.37 Å². The Morgan fingerprint density at radius 1 is 1.34 bits per heavy atom. The van der Waals surface area contributed by atoms with Gasteiger partial charge in [-0.3, -0.25) is 9.59 Å². The summed E-state index contributed by atoms with van der Waals surface area (Å²) in [6.07, 6.45) is 0. The monoisotopic (exact) mass is 419 g/mol. The van der Waals surface area contributed by atoms with Crippen LogP contribution < -0.4 is 16.2 Å². The maximum Gasteiger partial charge on any atom is 0.252 e. The summed E-state index contributed by atoms with van der Waals surface area (Å²) in [5, 5.41) is 0.0909. The van der Waals surface area contributed by atoms with E-state index in [4.69, 9.17) is 25.4 Å². The Labute approximate surface area is 168 Å². The molecule has 1 saturated heterocycles. The predicted octanol–water partition coefficient (Wildman–Crippen LogP) is 2.08. The van der Waals surface area contributed by atoms with Gasteiger partial charge in [0.15, 0.2) is 11.4 Å². The molecule has 0 bridgehead atoms. The number of hydrogen-bond donors (Lipinski definition) is 2. The van der Waals surface area contributed by atoms with Crippen molar-refractivity contribution in [3.05, 3.63) is 44.9 Å². The van der Waals surface area contributed by atoms with Crippen LogP contribution >= 0.6 is 11.3 Å². The van der Waals surface area contributed by atoms with E-state index in [1.54, 1.807) is 5.51 Å². The number of nitrogens with two attached hydrogens (primary N) is 2. The molecular weight excluding hydrogens is 401 g/mol. The Balaban J connectivity index is 1.98. The molecule has 1 aromatic carbocycles. The average Bonchev–Trinajstić information content (AvgIpc) is 3.16. The molecular formula is C19H18FN3O5S. The molecule has 0 saturated carbocycles. The van der Waals surface area contributed by atoms with E-state index in [1.807, 2.05) is 6.92 Å². The number of ether oxygens (including phenoxy) is 2. The van der Waals surface area contributed by atoms with Crippen molar-refractivity contribution in [2.75, 3.05) is 13.2 Å². The molecule has 1 fully saturated rings. The van der Waals surface area contributed by atoms with Crippen LogP contribution in [0.2, 0.25) is 0 Å². The average molecular weight is 419 g/mol. The summed E-state index contributed by atoms with van der Waals surface area (Å²) in [7, 11) is 0. The van der Waals surface area contributed by atoms with Crippen LogP contribution in [0.25, 0.3) is 11.0 Å². The summed E-state index contributed by atoms with van der Waals surface area (Å²) >= 11 is 1.39. The lowest BCUT2D eigenvalue weighted by atomic mass is 9.75. The van der Waals surface area contributed by atoms with Crippen LogP contribution in [0.5, 0.6) is 5.75 Å². The van der Waals surface area contributed by atoms with Crippen LogP contribution in [-0.2, 0) is 21.6 Å². The van der Waals surface area contributed by atoms with Crippen molar-refractivity contribution in [1.29, 1.82) is 0 Å². The number of furan rings is 1. The van der Waals surface area contributed by atoms with Gasteiger partial charge in [-0.1, -0.05) is 0 Å². The number of halogens is 1. The summed E-state index contributed by atoms with van der Waals surface area (Å²) in [5.74, 6) is -2.01. The second-order valence-corrected chi connectivity index (χ2v) is 7.86. The van der Waals surface area contributed by atoms with Crippen molar-refractivity contribution in [2.45, 2.75) is 25.9 Å². The number of thiazole rings is 1. The maximum atomic E-state index is 14.9. The number of aryl methyl sites for hydroxylation is 2. The van der Waals surface area contributed by atoms with Gasteiger partial charge in [0, 0.05) is 17.0 Å². The van der Waals surface area contributed by atoms with Gasteiger partial charge in [0.2, 0.25) is 5.91 Å². The molecule has 0 unspecified atom stereocenters. The molecule has 0 aliphatic carbocycles. The van der Waals surface area contributed by atoms with E-state index in [0.717, 1.165) is 16.6 Å². The predicted molar refractivity (Wildman–Crippen MR) is 102 cm³/mol. The first-order valence-electron chi connectivity index (χ1n) is 8.71. The Hall–Kier alpha value is -2.98. The summed E-state index contributed by atoms with van der Waals surface area (Å²) < 4.78 is 31.5. The highest BCUT2D eigenvalue weighted by molar-refractivity contribution is 7.09. The van der Waals surface area contributed by atoms with Crippen LogP contribution in [0.3, 0.4) is 0 Å². The fraction of sp³-hybridized carbons (Fsp3) is 0.316. The van der Waals surface area contributed by atoms with Crippen LogP contribution in [-0.4, -0.2) is 30.0 Å². The van der Waals surface area contributed by atoms with Crippen LogP contribution in [0, 0.1) is 19.7 Å². The molecule has 0 radical (unpaired) electrons. The molecule has 4 N–H and O–H groups in total. The van der Waals surface area contributed by atoms with E-state index in [9.17, 15) is 14.0 Å². The first-order valence-corrected chi connectivity index (χ1v) is 9.59. The zero-order valence-electron chi connectivity index (χ0n) is 15.7. The molecule has 3 aromatic rings. The molecule has 1 aliphatic heterocycles. The molecule has 1 aliphatic rings. The number of benzene rings is 1. The minimum atomic E-state index is -1.29. The van der Waals surface area contributed by atoms with Gasteiger partial charge < -0.3 is 25.4 Å². The largest absolute Gasteiger partial charge is 0.488 e. The number of carbonyl (C=O) groups excluding carboxylic acids is 2. The Bertz CT molecular complexity index is 1150. The van der Waals surface area contributed by atoms with E-state index >= 15 is 0 Å². The third kappa shape index (κ3) is 2.87. The van der Waals surface area contributed by atoms with E-state index < -0.39 is 23.0 Å². The van der Waals surface area contributed by atoms with E-state index in [2.05, 4.69) is 4.98 Å². The molecule has 0 spiro atoms. The molecule has 152 valence electrons. The lowest BCUT2D eigenvalue weighted by molar-refractivity contribution is -0.141. The van der Waals surface area contributed by atoms with Crippen LogP contribution in [0.1, 0.15) is 32.3 Å².